The van der Waals surface area contributed by atoms with Gasteiger partial charge in [0.05, 0.1) is 44.5 Å². The Morgan fingerprint density at radius 2 is 0.575 bits per heavy atom. The van der Waals surface area contributed by atoms with Crippen molar-refractivity contribution in [1.82, 2.24) is 0 Å². The zero-order valence-electron chi connectivity index (χ0n) is 39.2. The molecule has 80 heavy (non-hydrogen) atoms. The largest absolute Gasteiger partial charge is 0.416 e. The lowest BCUT2D eigenvalue weighted by molar-refractivity contribution is -0.681. The fraction of sp³-hybridized carbons (Fsp3) is 0.170. The quantitative estimate of drug-likeness (QED) is 0.0674. The second-order valence-electron chi connectivity index (χ2n) is 18.0. The number of Topliss-reactive ketones (excluding diaryl/α,β-unsaturated/α-hetero) is 1. The van der Waals surface area contributed by atoms with Gasteiger partial charge in [0.1, 0.15) is 6.15 Å². The molecule has 0 bridgehead atoms. The van der Waals surface area contributed by atoms with Crippen LogP contribution in [-0.4, -0.2) is 11.9 Å². The van der Waals surface area contributed by atoms with Crippen LogP contribution in [0.25, 0.3) is 21.5 Å². The molecule has 0 fully saturated rings. The first kappa shape index (κ1) is 59.9. The number of hydrogen-bond donors (Lipinski definition) is 0. The number of rotatable bonds is 7. The molecule has 0 N–H and O–H groups in total. The van der Waals surface area contributed by atoms with E-state index < -0.39 is 195 Å². The lowest BCUT2D eigenvalue weighted by atomic mass is 9.12. The Bertz CT molecular complexity index is 3180. The van der Waals surface area contributed by atoms with Gasteiger partial charge in [-0.05, 0) is 52.6 Å². The highest BCUT2D eigenvalue weighted by Gasteiger charge is 2.47. The maximum absolute atomic E-state index is 14.2. The molecule has 422 valence electrons. The van der Waals surface area contributed by atoms with E-state index >= 15 is 0 Å². The van der Waals surface area contributed by atoms with Crippen molar-refractivity contribution >= 4 is 55.3 Å². The summed E-state index contributed by atoms with van der Waals surface area (Å²) in [4.78, 5) is 12.6. The molecule has 1 heterocycles. The molecule has 0 aliphatic rings. The number of carbonyl (C=O) groups excluding carboxylic acids is 1. The number of nitrogens with zero attached hydrogens (tertiary/aromatic N) is 1. The first-order valence-electron chi connectivity index (χ1n) is 22.3. The van der Waals surface area contributed by atoms with Gasteiger partial charge in [0, 0.05) is 17.0 Å². The molecule has 0 atom stereocenters. The monoisotopic (exact) mass is 1160 g/mol. The van der Waals surface area contributed by atoms with Crippen molar-refractivity contribution in [3.63, 3.8) is 0 Å². The first-order chi connectivity index (χ1) is 36.6. The van der Waals surface area contributed by atoms with Crippen molar-refractivity contribution in [3.8, 4) is 0 Å². The van der Waals surface area contributed by atoms with E-state index in [-0.39, 0.29) is 5.78 Å². The van der Waals surface area contributed by atoms with E-state index in [1.165, 1.54) is 5.39 Å². The van der Waals surface area contributed by atoms with Gasteiger partial charge in [0.15, 0.2) is 12.4 Å². The molecule has 0 aliphatic carbocycles. The third kappa shape index (κ3) is 13.1. The summed E-state index contributed by atoms with van der Waals surface area (Å²) < 4.78 is 343. The van der Waals surface area contributed by atoms with Gasteiger partial charge in [-0.25, -0.2) is 0 Å². The van der Waals surface area contributed by atoms with Crippen LogP contribution in [0, 0.1) is 0 Å². The Morgan fingerprint density at radius 1 is 0.312 bits per heavy atom. The zero-order valence-corrected chi connectivity index (χ0v) is 39.2. The van der Waals surface area contributed by atoms with Crippen molar-refractivity contribution in [2.45, 2.75) is 56.0 Å². The van der Waals surface area contributed by atoms with Crippen molar-refractivity contribution in [1.29, 1.82) is 0 Å². The Hall–Kier alpha value is -7.74. The molecule has 8 rings (SSSR count). The van der Waals surface area contributed by atoms with Crippen molar-refractivity contribution in [2.24, 2.45) is 0 Å². The SMILES string of the molecule is FC(F)(F)c1cc([B-](c2cc(C(F)(F)F)cc(C(F)(F)F)c2)(c2cc(C(F)(F)F)cc(C(F)(F)F)c2)c2cc(C(F)(F)F)cc(C(F)(F)F)c2)cc(C(F)(F)F)c1.O=C(C[n+]1ccc2ccccc2c1)c1ccc2ccccc2c1. The van der Waals surface area contributed by atoms with Gasteiger partial charge in [-0.2, -0.15) is 132 Å². The summed E-state index contributed by atoms with van der Waals surface area (Å²) in [6.07, 6.45) is -50.8. The summed E-state index contributed by atoms with van der Waals surface area (Å²) in [6.45, 7) is 0.350. The van der Waals surface area contributed by atoms with E-state index in [4.69, 9.17) is 0 Å². The molecular weight excluding hydrogens is 1130 g/mol. The van der Waals surface area contributed by atoms with Gasteiger partial charge < -0.3 is 0 Å². The third-order valence-corrected chi connectivity index (χ3v) is 12.6. The maximum Gasteiger partial charge on any atom is 0.416 e. The Kier molecular flexibility index (Phi) is 15.5. The summed E-state index contributed by atoms with van der Waals surface area (Å²) >= 11 is 0. The van der Waals surface area contributed by atoms with E-state index in [2.05, 4.69) is 18.2 Å². The molecule has 2 nitrogen and oxygen atoms in total. The molecule has 0 saturated carbocycles. The van der Waals surface area contributed by atoms with Crippen LogP contribution in [0.4, 0.5) is 105 Å². The summed E-state index contributed by atoms with van der Waals surface area (Å²) in [7, 11) is 0. The van der Waals surface area contributed by atoms with E-state index in [0.29, 0.717) is 6.54 Å². The Morgan fingerprint density at radius 3 is 0.863 bits per heavy atom. The molecule has 0 aliphatic heterocycles. The Labute approximate surface area is 433 Å². The second kappa shape index (κ2) is 20.7. The topological polar surface area (TPSA) is 20.9 Å². The smallest absolute Gasteiger partial charge is 0.287 e. The number of halogens is 24. The van der Waals surface area contributed by atoms with E-state index in [9.17, 15) is 110 Å². The number of carbonyl (C=O) groups is 1. The number of benzene rings is 7. The lowest BCUT2D eigenvalue weighted by Crippen LogP contribution is -2.75. The van der Waals surface area contributed by atoms with Crippen molar-refractivity contribution in [3.05, 3.63) is 208 Å². The molecule has 0 radical (unpaired) electrons. The van der Waals surface area contributed by atoms with E-state index in [1.54, 1.807) is 0 Å². The van der Waals surface area contributed by atoms with Gasteiger partial charge in [-0.1, -0.05) is 103 Å². The van der Waals surface area contributed by atoms with Crippen LogP contribution in [0.3, 0.4) is 0 Å². The van der Waals surface area contributed by atoms with Gasteiger partial charge in [-0.3, -0.25) is 4.79 Å². The predicted octanol–water partition coefficient (Wildman–Crippen LogP) is 15.4. The summed E-state index contributed by atoms with van der Waals surface area (Å²) in [5.74, 6) is 0.121. The highest BCUT2D eigenvalue weighted by atomic mass is 19.4. The number of pyridine rings is 1. The fourth-order valence-electron chi connectivity index (χ4n) is 8.97. The van der Waals surface area contributed by atoms with E-state index in [1.807, 2.05) is 71.6 Å². The average Bonchev–Trinajstić information content (AvgIpc) is 2.95. The minimum Gasteiger partial charge on any atom is -0.287 e. The van der Waals surface area contributed by atoms with Crippen molar-refractivity contribution < 1.29 is 115 Å². The number of aromatic nitrogens is 1. The summed E-state index contributed by atoms with van der Waals surface area (Å²) in [5, 5.41) is 4.58. The first-order valence-corrected chi connectivity index (χ1v) is 22.3. The molecule has 0 spiro atoms. The third-order valence-electron chi connectivity index (χ3n) is 12.6. The minimum atomic E-state index is -6.13. The van der Waals surface area contributed by atoms with Crippen LogP contribution < -0.4 is 26.4 Å². The second-order valence-corrected chi connectivity index (χ2v) is 18.0. The van der Waals surface area contributed by atoms with Crippen LogP contribution in [0.2, 0.25) is 0 Å². The van der Waals surface area contributed by atoms with Crippen LogP contribution in [0.15, 0.2) is 158 Å². The van der Waals surface area contributed by atoms with Gasteiger partial charge >= 0.3 is 49.4 Å². The molecule has 1 aromatic heterocycles. The molecule has 27 heteroatoms. The maximum atomic E-state index is 14.2. The number of hydrogen-bond acceptors (Lipinski definition) is 1. The molecule has 0 unspecified atom stereocenters. The predicted molar refractivity (Wildman–Crippen MR) is 242 cm³/mol. The summed E-state index contributed by atoms with van der Waals surface area (Å²) in [6, 6.07) is 15.4. The molecule has 8 aromatic rings. The van der Waals surface area contributed by atoms with Crippen LogP contribution in [0.1, 0.15) is 54.9 Å². The van der Waals surface area contributed by atoms with Gasteiger partial charge in [0.25, 0.3) is 0 Å². The highest BCUT2D eigenvalue weighted by Crippen LogP contribution is 2.41. The summed E-state index contributed by atoms with van der Waals surface area (Å²) in [5.41, 5.74) is -29.5. The lowest BCUT2D eigenvalue weighted by Gasteiger charge is -2.46. The van der Waals surface area contributed by atoms with Gasteiger partial charge in [0.2, 0.25) is 12.3 Å². The number of ketones is 1. The minimum absolute atomic E-state index is 0.121. The normalized spacial score (nSPS) is 13.3. The fourth-order valence-corrected chi connectivity index (χ4v) is 8.97. The van der Waals surface area contributed by atoms with Crippen LogP contribution >= 0.6 is 0 Å². The van der Waals surface area contributed by atoms with Crippen LogP contribution in [-0.2, 0) is 56.0 Å². The Balaban J connectivity index is 0.000000329. The molecule has 7 aromatic carbocycles. The molecule has 0 amide bonds. The van der Waals surface area contributed by atoms with Crippen molar-refractivity contribution in [2.75, 3.05) is 0 Å². The molecular formula is C53H28BF24NO. The molecule has 0 saturated heterocycles. The van der Waals surface area contributed by atoms with Crippen LogP contribution in [0.5, 0.6) is 0 Å². The van der Waals surface area contributed by atoms with E-state index in [0.717, 1.165) is 21.7 Å². The van der Waals surface area contributed by atoms with Gasteiger partial charge in [-0.15, -0.1) is 0 Å². The average molecular weight is 1160 g/mol. The number of alkyl halides is 24. The number of fused-ring (bicyclic) bond motifs is 2. The standard InChI is InChI=1S/C32H12BF24.C21H16NO/c34-25(35,36)13-1-14(26(37,38)39)6-21(5-13)33(22-7-15(27(40,41)42)2-16(8-22)28(43,44)45,23-9-17(29(46,47)48)3-18(10-23)30(49,50)51)24-11-19(31(52,53)54)4-20(12-24)32(55,56)57;23-21(19-10-9-16-5-1-3-7-18(16)13-19)15-22-12-11-17-6-2-4-8-20(17)14-22/h1-12H;1-14H,15H2/q-1;+1. The zero-order chi connectivity index (χ0) is 59.6. The highest BCUT2D eigenvalue weighted by molar-refractivity contribution is 7.20.